The summed E-state index contributed by atoms with van der Waals surface area (Å²) in [6, 6.07) is 20.1. The number of carbonyl (C=O) groups excluding carboxylic acids is 2. The highest BCUT2D eigenvalue weighted by Gasteiger charge is 2.09. The van der Waals surface area contributed by atoms with E-state index in [1.165, 1.54) is 0 Å². The van der Waals surface area contributed by atoms with Crippen LogP contribution in [-0.4, -0.2) is 28.5 Å². The van der Waals surface area contributed by atoms with Crippen molar-refractivity contribution in [2.45, 2.75) is 6.42 Å². The van der Waals surface area contributed by atoms with Crippen molar-refractivity contribution in [1.29, 1.82) is 0 Å². The van der Waals surface area contributed by atoms with E-state index in [0.29, 0.717) is 16.8 Å². The molecular formula is C22H18N4O4. The molecule has 8 nitrogen and oxygen atoms in total. The van der Waals surface area contributed by atoms with E-state index in [4.69, 9.17) is 0 Å². The number of H-pyrrole nitrogens is 1. The lowest BCUT2D eigenvalue weighted by molar-refractivity contribution is -0.116. The predicted octanol–water partition coefficient (Wildman–Crippen LogP) is 2.94. The largest absolute Gasteiger partial charge is 0.439 e. The van der Waals surface area contributed by atoms with Crippen molar-refractivity contribution in [3.05, 3.63) is 82.8 Å². The van der Waals surface area contributed by atoms with Gasteiger partial charge in [-0.2, -0.15) is 0 Å². The summed E-state index contributed by atoms with van der Waals surface area (Å²) in [7, 11) is 0. The van der Waals surface area contributed by atoms with Gasteiger partial charge in [0.1, 0.15) is 0 Å². The number of fused-ring (bicyclic) bond motifs is 1. The van der Waals surface area contributed by atoms with Crippen molar-refractivity contribution in [2.24, 2.45) is 0 Å². The first-order chi connectivity index (χ1) is 14.6. The maximum atomic E-state index is 12.3. The molecule has 0 bridgehead atoms. The van der Waals surface area contributed by atoms with Crippen LogP contribution in [0.25, 0.3) is 22.2 Å². The van der Waals surface area contributed by atoms with E-state index in [0.717, 1.165) is 10.8 Å². The van der Waals surface area contributed by atoms with Gasteiger partial charge in [0.15, 0.2) is 5.82 Å². The van der Waals surface area contributed by atoms with Gasteiger partial charge in [0.2, 0.25) is 5.91 Å². The summed E-state index contributed by atoms with van der Waals surface area (Å²) in [4.78, 5) is 38.1. The number of benzene rings is 3. The van der Waals surface area contributed by atoms with E-state index in [9.17, 15) is 14.4 Å². The molecule has 4 aromatic rings. The van der Waals surface area contributed by atoms with E-state index >= 15 is 0 Å². The molecule has 0 fully saturated rings. The standard InChI is InChI=1S/C22H18N4O4/c27-19(24-18-7-3-6-16(13-18)20-25-22(29)30-26-20)10-11-23-21(28)17-9-8-14-4-1-2-5-15(14)12-17/h1-9,12-13H,10-11H2,(H,23,28)(H,24,27)(H,25,26,29). The van der Waals surface area contributed by atoms with Crippen LogP contribution in [0, 0.1) is 0 Å². The molecule has 1 aromatic heterocycles. The summed E-state index contributed by atoms with van der Waals surface area (Å²) in [5.74, 6) is -0.856. The molecule has 0 radical (unpaired) electrons. The fourth-order valence-electron chi connectivity index (χ4n) is 3.04. The summed E-state index contributed by atoms with van der Waals surface area (Å²) in [6.45, 7) is 0.202. The maximum Gasteiger partial charge on any atom is 0.439 e. The number of nitrogens with one attached hydrogen (secondary N) is 3. The highest BCUT2D eigenvalue weighted by molar-refractivity contribution is 5.99. The average Bonchev–Trinajstić information content (AvgIpc) is 3.20. The van der Waals surface area contributed by atoms with Crippen molar-refractivity contribution < 1.29 is 14.1 Å². The second kappa shape index (κ2) is 8.44. The normalized spacial score (nSPS) is 10.7. The van der Waals surface area contributed by atoms with E-state index in [2.05, 4.69) is 25.3 Å². The van der Waals surface area contributed by atoms with E-state index in [-0.39, 0.29) is 30.6 Å². The molecule has 2 amide bonds. The van der Waals surface area contributed by atoms with Gasteiger partial charge >= 0.3 is 5.76 Å². The summed E-state index contributed by atoms with van der Waals surface area (Å²) >= 11 is 0. The van der Waals surface area contributed by atoms with Gasteiger partial charge in [-0.3, -0.25) is 19.1 Å². The van der Waals surface area contributed by atoms with Gasteiger partial charge in [-0.1, -0.05) is 47.6 Å². The van der Waals surface area contributed by atoms with Gasteiger partial charge in [0, 0.05) is 29.8 Å². The molecule has 0 aliphatic rings. The molecule has 3 aromatic carbocycles. The third kappa shape index (κ3) is 4.44. The minimum Gasteiger partial charge on any atom is -0.352 e. The first-order valence-corrected chi connectivity index (χ1v) is 9.32. The molecule has 4 rings (SSSR count). The fraction of sp³-hybridized carbons (Fsp3) is 0.0909. The third-order valence-electron chi connectivity index (χ3n) is 4.51. The van der Waals surface area contributed by atoms with Crippen LogP contribution < -0.4 is 16.4 Å². The Hall–Kier alpha value is -4.20. The van der Waals surface area contributed by atoms with E-state index in [1.807, 2.05) is 36.4 Å². The van der Waals surface area contributed by atoms with Crippen molar-refractivity contribution in [3.63, 3.8) is 0 Å². The third-order valence-corrected chi connectivity index (χ3v) is 4.51. The van der Waals surface area contributed by atoms with Crippen LogP contribution in [0.5, 0.6) is 0 Å². The molecule has 1 heterocycles. The van der Waals surface area contributed by atoms with Gasteiger partial charge in [0.25, 0.3) is 5.91 Å². The van der Waals surface area contributed by atoms with Crippen LogP contribution in [0.1, 0.15) is 16.8 Å². The first-order valence-electron chi connectivity index (χ1n) is 9.32. The highest BCUT2D eigenvalue weighted by Crippen LogP contribution is 2.18. The van der Waals surface area contributed by atoms with E-state index < -0.39 is 5.76 Å². The molecule has 0 unspecified atom stereocenters. The number of nitrogens with zero attached hydrogens (tertiary/aromatic N) is 1. The Balaban J connectivity index is 1.31. The van der Waals surface area contributed by atoms with Crippen LogP contribution in [0.4, 0.5) is 5.69 Å². The molecule has 0 saturated carbocycles. The minimum atomic E-state index is -0.651. The zero-order chi connectivity index (χ0) is 20.9. The molecule has 0 saturated heterocycles. The van der Waals surface area contributed by atoms with Gasteiger partial charge < -0.3 is 10.6 Å². The molecule has 0 aliphatic carbocycles. The number of amides is 2. The second-order valence-corrected chi connectivity index (χ2v) is 6.64. The van der Waals surface area contributed by atoms with Gasteiger partial charge in [-0.05, 0) is 35.0 Å². The topological polar surface area (TPSA) is 117 Å². The Morgan fingerprint density at radius 3 is 2.60 bits per heavy atom. The summed E-state index contributed by atoms with van der Waals surface area (Å²) < 4.78 is 4.49. The lowest BCUT2D eigenvalue weighted by Crippen LogP contribution is -2.27. The number of aromatic amines is 1. The lowest BCUT2D eigenvalue weighted by atomic mass is 10.1. The van der Waals surface area contributed by atoms with Crippen LogP contribution >= 0.6 is 0 Å². The quantitative estimate of drug-likeness (QED) is 0.458. The number of hydrogen-bond acceptors (Lipinski definition) is 5. The van der Waals surface area contributed by atoms with E-state index in [1.54, 1.807) is 30.3 Å². The maximum absolute atomic E-state index is 12.3. The van der Waals surface area contributed by atoms with Crippen LogP contribution in [0.2, 0.25) is 0 Å². The molecule has 3 N–H and O–H groups in total. The second-order valence-electron chi connectivity index (χ2n) is 6.64. The molecule has 30 heavy (non-hydrogen) atoms. The van der Waals surface area contributed by atoms with Gasteiger partial charge in [0.05, 0.1) is 0 Å². The summed E-state index contributed by atoms with van der Waals surface area (Å²) in [6.07, 6.45) is 0.115. The molecule has 0 aliphatic heterocycles. The average molecular weight is 402 g/mol. The number of aromatic nitrogens is 2. The summed E-state index contributed by atoms with van der Waals surface area (Å²) in [5, 5.41) is 11.2. The van der Waals surface area contributed by atoms with Gasteiger partial charge in [-0.15, -0.1) is 0 Å². The number of rotatable bonds is 6. The Kier molecular flexibility index (Phi) is 5.38. The van der Waals surface area contributed by atoms with Crippen LogP contribution in [0.15, 0.2) is 76.0 Å². The predicted molar refractivity (Wildman–Crippen MR) is 112 cm³/mol. The van der Waals surface area contributed by atoms with Crippen LogP contribution in [0.3, 0.4) is 0 Å². The lowest BCUT2D eigenvalue weighted by Gasteiger charge is -2.08. The minimum absolute atomic E-state index is 0.115. The zero-order valence-electron chi connectivity index (χ0n) is 15.8. The molecule has 0 spiro atoms. The van der Waals surface area contributed by atoms with Crippen molar-refractivity contribution >= 4 is 28.3 Å². The van der Waals surface area contributed by atoms with Crippen molar-refractivity contribution in [1.82, 2.24) is 15.5 Å². The Morgan fingerprint density at radius 2 is 1.80 bits per heavy atom. The molecule has 8 heteroatoms. The number of anilines is 1. The smallest absolute Gasteiger partial charge is 0.352 e. The fourth-order valence-corrected chi connectivity index (χ4v) is 3.04. The van der Waals surface area contributed by atoms with Crippen molar-refractivity contribution in [2.75, 3.05) is 11.9 Å². The van der Waals surface area contributed by atoms with Crippen LogP contribution in [-0.2, 0) is 4.79 Å². The summed E-state index contributed by atoms with van der Waals surface area (Å²) in [5.41, 5.74) is 1.69. The van der Waals surface area contributed by atoms with Gasteiger partial charge in [-0.25, -0.2) is 4.79 Å². The molecular weight excluding hydrogens is 384 g/mol. The SMILES string of the molecule is O=C(CCNC(=O)c1ccc2ccccc2c1)Nc1cccc(-c2noc(=O)[nH]2)c1. The Labute approximate surface area is 170 Å². The number of hydrogen-bond donors (Lipinski definition) is 3. The molecule has 150 valence electrons. The zero-order valence-corrected chi connectivity index (χ0v) is 15.8. The first kappa shape index (κ1) is 19.1. The molecule has 0 atom stereocenters. The highest BCUT2D eigenvalue weighted by atomic mass is 16.5. The number of carbonyl (C=O) groups is 2. The Morgan fingerprint density at radius 1 is 0.967 bits per heavy atom. The Bertz CT molecular complexity index is 1280. The van der Waals surface area contributed by atoms with Crippen molar-refractivity contribution in [3.8, 4) is 11.4 Å². The monoisotopic (exact) mass is 402 g/mol.